The molecule has 1 saturated carbocycles. The zero-order chi connectivity index (χ0) is 20.0. The lowest BCUT2D eigenvalue weighted by Gasteiger charge is -2.39. The minimum atomic E-state index is -0.360. The van der Waals surface area contributed by atoms with Crippen molar-refractivity contribution in [1.29, 1.82) is 0 Å². The molecule has 1 saturated heterocycles. The van der Waals surface area contributed by atoms with Gasteiger partial charge in [-0.25, -0.2) is 4.79 Å². The Labute approximate surface area is 166 Å². The number of carbonyl (C=O) groups excluding carboxylic acids is 2. The number of aryl methyl sites for hydroxylation is 1. The van der Waals surface area contributed by atoms with Gasteiger partial charge in [-0.1, -0.05) is 20.8 Å². The van der Waals surface area contributed by atoms with E-state index < -0.39 is 0 Å². The molecule has 2 heterocycles. The Kier molecular flexibility index (Phi) is 5.43. The molecule has 1 amide bonds. The number of esters is 1. The molecule has 1 aromatic rings. The van der Waals surface area contributed by atoms with E-state index >= 15 is 0 Å². The van der Waals surface area contributed by atoms with Crippen molar-refractivity contribution in [3.63, 3.8) is 0 Å². The molecule has 1 aliphatic carbocycles. The summed E-state index contributed by atoms with van der Waals surface area (Å²) in [5, 5.41) is 3.60. The molecule has 5 nitrogen and oxygen atoms in total. The van der Waals surface area contributed by atoms with Crippen molar-refractivity contribution >= 4 is 28.2 Å². The molecule has 27 heavy (non-hydrogen) atoms. The van der Waals surface area contributed by atoms with E-state index in [1.54, 1.807) is 6.92 Å². The summed E-state index contributed by atoms with van der Waals surface area (Å²) in [7, 11) is 0. The van der Waals surface area contributed by atoms with Crippen LogP contribution in [0, 0.1) is 24.7 Å². The second kappa shape index (κ2) is 7.21. The van der Waals surface area contributed by atoms with E-state index in [9.17, 15) is 9.59 Å². The minimum absolute atomic E-state index is 0.0456. The molecule has 150 valence electrons. The number of fused-ring (bicyclic) bond motifs is 2. The van der Waals surface area contributed by atoms with Crippen LogP contribution in [0.4, 0.5) is 5.00 Å². The zero-order valence-corrected chi connectivity index (χ0v) is 18.2. The summed E-state index contributed by atoms with van der Waals surface area (Å²) in [6.45, 7) is 14.4. The molecule has 2 aliphatic rings. The van der Waals surface area contributed by atoms with Gasteiger partial charge >= 0.3 is 5.97 Å². The topological polar surface area (TPSA) is 58.6 Å². The van der Waals surface area contributed by atoms with Gasteiger partial charge in [-0.15, -0.1) is 11.3 Å². The molecule has 0 spiro atoms. The summed E-state index contributed by atoms with van der Waals surface area (Å²) in [6, 6.07) is 0.473. The molecule has 3 rings (SSSR count). The number of hydrogen-bond acceptors (Lipinski definition) is 5. The number of amides is 1. The van der Waals surface area contributed by atoms with Gasteiger partial charge in [0.1, 0.15) is 5.00 Å². The Morgan fingerprint density at radius 2 is 1.96 bits per heavy atom. The number of nitrogens with zero attached hydrogens (tertiary/aromatic N) is 1. The fourth-order valence-corrected chi connectivity index (χ4v) is 6.34. The number of nitrogens with one attached hydrogen (secondary N) is 1. The third kappa shape index (κ3) is 4.21. The number of ether oxygens (including phenoxy) is 1. The molecular weight excluding hydrogens is 360 g/mol. The number of likely N-dealkylation sites (tertiary alicyclic amines) is 1. The van der Waals surface area contributed by atoms with Crippen LogP contribution < -0.4 is 5.32 Å². The number of anilines is 1. The standard InChI is InChI=1S/C21H32N2O3S/c1-7-26-19(25)17-13(2)14(3)27-18(17)22-16(24)10-23-12-21(6)9-15(23)8-20(4,5)11-21/h15H,7-12H2,1-6H3,(H,22,24)/t15-,21-/m0/s1. The van der Waals surface area contributed by atoms with Crippen LogP contribution in [0.3, 0.4) is 0 Å². The van der Waals surface area contributed by atoms with E-state index in [2.05, 4.69) is 31.0 Å². The molecule has 6 heteroatoms. The molecule has 0 aromatic carbocycles. The predicted octanol–water partition coefficient (Wildman–Crippen LogP) is 4.38. The van der Waals surface area contributed by atoms with E-state index in [1.807, 2.05) is 13.8 Å². The van der Waals surface area contributed by atoms with Crippen molar-refractivity contribution < 1.29 is 14.3 Å². The van der Waals surface area contributed by atoms with Gasteiger partial charge in [-0.2, -0.15) is 0 Å². The second-order valence-electron chi connectivity index (χ2n) is 9.37. The highest BCUT2D eigenvalue weighted by molar-refractivity contribution is 7.16. The summed E-state index contributed by atoms with van der Waals surface area (Å²) in [5.41, 5.74) is 2.03. The first kappa shape index (κ1) is 20.3. The van der Waals surface area contributed by atoms with E-state index in [0.29, 0.717) is 40.6 Å². The fraction of sp³-hybridized carbons (Fsp3) is 0.714. The van der Waals surface area contributed by atoms with Crippen LogP contribution in [-0.2, 0) is 9.53 Å². The van der Waals surface area contributed by atoms with Crippen LogP contribution in [0.25, 0.3) is 0 Å². The van der Waals surface area contributed by atoms with Crippen LogP contribution in [-0.4, -0.2) is 42.5 Å². The Balaban J connectivity index is 1.71. The highest BCUT2D eigenvalue weighted by Gasteiger charge is 2.49. The lowest BCUT2D eigenvalue weighted by Crippen LogP contribution is -2.38. The normalized spacial score (nSPS) is 26.8. The molecule has 2 bridgehead atoms. The van der Waals surface area contributed by atoms with Crippen LogP contribution in [0.2, 0.25) is 0 Å². The minimum Gasteiger partial charge on any atom is -0.462 e. The molecule has 1 aromatic heterocycles. The van der Waals surface area contributed by atoms with Crippen molar-refractivity contribution in [1.82, 2.24) is 4.90 Å². The summed E-state index contributed by atoms with van der Waals surface area (Å²) in [5.74, 6) is -0.406. The highest BCUT2D eigenvalue weighted by atomic mass is 32.1. The highest BCUT2D eigenvalue weighted by Crippen LogP contribution is 2.52. The van der Waals surface area contributed by atoms with Crippen LogP contribution in [0.1, 0.15) is 67.8 Å². The molecule has 1 aliphatic heterocycles. The average molecular weight is 393 g/mol. The van der Waals surface area contributed by atoms with E-state index in [1.165, 1.54) is 24.2 Å². The molecule has 0 unspecified atom stereocenters. The monoisotopic (exact) mass is 392 g/mol. The number of rotatable bonds is 5. The first-order valence-electron chi connectivity index (χ1n) is 9.84. The third-order valence-corrected chi connectivity index (χ3v) is 7.11. The average Bonchev–Trinajstić information content (AvgIpc) is 2.91. The van der Waals surface area contributed by atoms with Crippen molar-refractivity contribution in [3.8, 4) is 0 Å². The van der Waals surface area contributed by atoms with Gasteiger partial charge in [0.25, 0.3) is 0 Å². The van der Waals surface area contributed by atoms with Gasteiger partial charge in [0.05, 0.1) is 18.7 Å². The largest absolute Gasteiger partial charge is 0.462 e. The lowest BCUT2D eigenvalue weighted by atomic mass is 9.65. The Morgan fingerprint density at radius 3 is 2.63 bits per heavy atom. The fourth-order valence-electron chi connectivity index (χ4n) is 5.28. The maximum Gasteiger partial charge on any atom is 0.341 e. The van der Waals surface area contributed by atoms with E-state index in [-0.39, 0.29) is 11.9 Å². The van der Waals surface area contributed by atoms with Crippen molar-refractivity contribution in [2.45, 2.75) is 66.8 Å². The summed E-state index contributed by atoms with van der Waals surface area (Å²) in [6.07, 6.45) is 3.53. The smallest absolute Gasteiger partial charge is 0.341 e. The lowest BCUT2D eigenvalue weighted by molar-refractivity contribution is -0.117. The molecule has 0 radical (unpaired) electrons. The SMILES string of the molecule is CCOC(=O)c1c(NC(=O)CN2C[C@@]3(C)C[C@@H]2CC(C)(C)C3)sc(C)c1C. The van der Waals surface area contributed by atoms with Crippen molar-refractivity contribution in [2.24, 2.45) is 10.8 Å². The number of carbonyl (C=O) groups is 2. The van der Waals surface area contributed by atoms with Crippen molar-refractivity contribution in [3.05, 3.63) is 16.0 Å². The van der Waals surface area contributed by atoms with Crippen LogP contribution in [0.5, 0.6) is 0 Å². The first-order chi connectivity index (χ1) is 12.5. The van der Waals surface area contributed by atoms with Gasteiger partial charge in [-0.3, -0.25) is 9.69 Å². The predicted molar refractivity (Wildman–Crippen MR) is 109 cm³/mol. The van der Waals surface area contributed by atoms with Gasteiger partial charge in [0.2, 0.25) is 5.91 Å². The Morgan fingerprint density at radius 1 is 1.26 bits per heavy atom. The number of thiophene rings is 1. The first-order valence-corrected chi connectivity index (χ1v) is 10.7. The molecule has 2 atom stereocenters. The zero-order valence-electron chi connectivity index (χ0n) is 17.4. The quantitative estimate of drug-likeness (QED) is 0.756. The second-order valence-corrected chi connectivity index (χ2v) is 10.6. The molecular formula is C21H32N2O3S. The summed E-state index contributed by atoms with van der Waals surface area (Å²) in [4.78, 5) is 28.5. The van der Waals surface area contributed by atoms with Crippen LogP contribution in [0.15, 0.2) is 0 Å². The van der Waals surface area contributed by atoms with Crippen molar-refractivity contribution in [2.75, 3.05) is 25.0 Å². The molecule has 1 N–H and O–H groups in total. The Hall–Kier alpha value is -1.40. The van der Waals surface area contributed by atoms with E-state index in [4.69, 9.17) is 4.74 Å². The van der Waals surface area contributed by atoms with Gasteiger partial charge in [0.15, 0.2) is 0 Å². The number of hydrogen-bond donors (Lipinski definition) is 1. The van der Waals surface area contributed by atoms with Gasteiger partial charge < -0.3 is 10.1 Å². The summed E-state index contributed by atoms with van der Waals surface area (Å²) < 4.78 is 5.18. The maximum atomic E-state index is 12.8. The van der Waals surface area contributed by atoms with Crippen LogP contribution >= 0.6 is 11.3 Å². The van der Waals surface area contributed by atoms with E-state index in [0.717, 1.165) is 23.4 Å². The maximum absolute atomic E-state index is 12.8. The third-order valence-electron chi connectivity index (χ3n) is 5.99. The van der Waals surface area contributed by atoms with Gasteiger partial charge in [0, 0.05) is 17.5 Å². The van der Waals surface area contributed by atoms with Gasteiger partial charge in [-0.05, 0) is 56.4 Å². The molecule has 2 fully saturated rings. The Bertz CT molecular complexity index is 755. The summed E-state index contributed by atoms with van der Waals surface area (Å²) >= 11 is 1.45.